The van der Waals surface area contributed by atoms with Gasteiger partial charge < -0.3 is 5.32 Å². The molecule has 1 amide bonds. The summed E-state index contributed by atoms with van der Waals surface area (Å²) in [4.78, 5) is 12.2. The molecule has 5 nitrogen and oxygen atoms in total. The molecule has 1 aliphatic heterocycles. The van der Waals surface area contributed by atoms with Gasteiger partial charge in [0.2, 0.25) is 15.9 Å². The van der Waals surface area contributed by atoms with Gasteiger partial charge in [0.25, 0.3) is 0 Å². The SMILES string of the molecule is Cc1ccc(CCC(=O)Nc2ccc3c(c2)CCCN3S(C)(=O)=O)cc1. The third-order valence-corrected chi connectivity index (χ3v) is 5.78. The topological polar surface area (TPSA) is 66.5 Å². The number of nitrogens with zero attached hydrogens (tertiary/aromatic N) is 1. The van der Waals surface area contributed by atoms with Crippen molar-refractivity contribution >= 4 is 27.3 Å². The third kappa shape index (κ3) is 4.43. The lowest BCUT2D eigenvalue weighted by Crippen LogP contribution is -2.34. The van der Waals surface area contributed by atoms with Crippen molar-refractivity contribution < 1.29 is 13.2 Å². The van der Waals surface area contributed by atoms with Crippen molar-refractivity contribution in [3.8, 4) is 0 Å². The predicted molar refractivity (Wildman–Crippen MR) is 105 cm³/mol. The normalized spacial score (nSPS) is 14.0. The third-order valence-electron chi connectivity index (χ3n) is 4.60. The zero-order chi connectivity index (χ0) is 18.7. The summed E-state index contributed by atoms with van der Waals surface area (Å²) in [7, 11) is -3.27. The van der Waals surface area contributed by atoms with E-state index in [1.165, 1.54) is 16.1 Å². The molecule has 0 aromatic heterocycles. The van der Waals surface area contributed by atoms with Crippen molar-refractivity contribution in [3.63, 3.8) is 0 Å². The summed E-state index contributed by atoms with van der Waals surface area (Å²) in [5.74, 6) is -0.0405. The molecule has 26 heavy (non-hydrogen) atoms. The summed E-state index contributed by atoms with van der Waals surface area (Å²) < 4.78 is 25.3. The Morgan fingerprint density at radius 2 is 1.88 bits per heavy atom. The minimum atomic E-state index is -3.27. The van der Waals surface area contributed by atoms with E-state index in [9.17, 15) is 13.2 Å². The van der Waals surface area contributed by atoms with Gasteiger partial charge in [-0.15, -0.1) is 0 Å². The summed E-state index contributed by atoms with van der Waals surface area (Å²) in [6, 6.07) is 13.6. The van der Waals surface area contributed by atoms with Gasteiger partial charge in [-0.3, -0.25) is 9.10 Å². The second-order valence-corrected chi connectivity index (χ2v) is 8.72. The Labute approximate surface area is 155 Å². The molecule has 0 saturated carbocycles. The summed E-state index contributed by atoms with van der Waals surface area (Å²) in [5, 5.41) is 2.92. The molecule has 3 rings (SSSR count). The highest BCUT2D eigenvalue weighted by Gasteiger charge is 2.24. The fraction of sp³-hybridized carbons (Fsp3) is 0.350. The first kappa shape index (κ1) is 18.5. The van der Waals surface area contributed by atoms with E-state index in [1.54, 1.807) is 12.1 Å². The van der Waals surface area contributed by atoms with E-state index in [-0.39, 0.29) is 5.91 Å². The first-order valence-corrected chi connectivity index (χ1v) is 10.6. The summed E-state index contributed by atoms with van der Waals surface area (Å²) in [6.07, 6.45) is 3.93. The van der Waals surface area contributed by atoms with Crippen LogP contribution in [0.25, 0.3) is 0 Å². The Kier molecular flexibility index (Phi) is 5.32. The fourth-order valence-corrected chi connectivity index (χ4v) is 4.22. The molecule has 1 heterocycles. The van der Waals surface area contributed by atoms with Crippen LogP contribution in [0, 0.1) is 6.92 Å². The maximum atomic E-state index is 12.2. The van der Waals surface area contributed by atoms with Gasteiger partial charge >= 0.3 is 0 Å². The van der Waals surface area contributed by atoms with Gasteiger partial charge in [-0.25, -0.2) is 8.42 Å². The predicted octanol–water partition coefficient (Wildman–Crippen LogP) is 3.28. The lowest BCUT2D eigenvalue weighted by Gasteiger charge is -2.29. The minimum absolute atomic E-state index is 0.0405. The lowest BCUT2D eigenvalue weighted by atomic mass is 10.0. The maximum absolute atomic E-state index is 12.2. The Balaban J connectivity index is 1.65. The van der Waals surface area contributed by atoms with Gasteiger partial charge in [0, 0.05) is 18.7 Å². The van der Waals surface area contributed by atoms with Crippen LogP contribution >= 0.6 is 0 Å². The van der Waals surface area contributed by atoms with Crippen molar-refractivity contribution in [1.82, 2.24) is 0 Å². The zero-order valence-electron chi connectivity index (χ0n) is 15.2. The molecule has 0 unspecified atom stereocenters. The minimum Gasteiger partial charge on any atom is -0.326 e. The first-order chi connectivity index (χ1) is 12.3. The second kappa shape index (κ2) is 7.50. The Morgan fingerprint density at radius 1 is 1.15 bits per heavy atom. The Hall–Kier alpha value is -2.34. The second-order valence-electron chi connectivity index (χ2n) is 6.82. The van der Waals surface area contributed by atoms with E-state index in [4.69, 9.17) is 0 Å². The van der Waals surface area contributed by atoms with E-state index in [0.29, 0.717) is 25.1 Å². The molecule has 0 spiro atoms. The van der Waals surface area contributed by atoms with Gasteiger partial charge in [0.15, 0.2) is 0 Å². The van der Waals surface area contributed by atoms with Crippen LogP contribution in [0.5, 0.6) is 0 Å². The number of rotatable bonds is 5. The summed E-state index contributed by atoms with van der Waals surface area (Å²) in [6.45, 7) is 2.55. The van der Waals surface area contributed by atoms with Gasteiger partial charge in [-0.2, -0.15) is 0 Å². The van der Waals surface area contributed by atoms with Crippen LogP contribution in [0.2, 0.25) is 0 Å². The van der Waals surface area contributed by atoms with Crippen LogP contribution in [0.15, 0.2) is 42.5 Å². The molecule has 138 valence electrons. The molecule has 0 radical (unpaired) electrons. The van der Waals surface area contributed by atoms with Crippen LogP contribution in [-0.4, -0.2) is 27.1 Å². The van der Waals surface area contributed by atoms with Gasteiger partial charge in [-0.05, 0) is 55.5 Å². The van der Waals surface area contributed by atoms with Gasteiger partial charge in [0.05, 0.1) is 11.9 Å². The number of hydrogen-bond donors (Lipinski definition) is 1. The van der Waals surface area contributed by atoms with E-state index < -0.39 is 10.0 Å². The number of carbonyl (C=O) groups is 1. The molecule has 0 aliphatic carbocycles. The highest BCUT2D eigenvalue weighted by molar-refractivity contribution is 7.92. The number of fused-ring (bicyclic) bond motifs is 1. The largest absolute Gasteiger partial charge is 0.326 e. The highest BCUT2D eigenvalue weighted by Crippen LogP contribution is 2.31. The average Bonchev–Trinajstić information content (AvgIpc) is 2.60. The van der Waals surface area contributed by atoms with Crippen molar-refractivity contribution in [2.45, 2.75) is 32.6 Å². The van der Waals surface area contributed by atoms with E-state index in [1.807, 2.05) is 37.3 Å². The molecule has 1 aliphatic rings. The number of aryl methyl sites for hydroxylation is 3. The Bertz CT molecular complexity index is 905. The van der Waals surface area contributed by atoms with Crippen molar-refractivity contribution in [2.75, 3.05) is 22.4 Å². The number of benzene rings is 2. The maximum Gasteiger partial charge on any atom is 0.232 e. The molecule has 2 aromatic rings. The molecule has 0 saturated heterocycles. The summed E-state index contributed by atoms with van der Waals surface area (Å²) >= 11 is 0. The molecule has 0 fully saturated rings. The molecule has 2 aromatic carbocycles. The number of amides is 1. The fourth-order valence-electron chi connectivity index (χ4n) is 3.22. The van der Waals surface area contributed by atoms with E-state index >= 15 is 0 Å². The molecule has 0 atom stereocenters. The molecule has 1 N–H and O–H groups in total. The van der Waals surface area contributed by atoms with Crippen molar-refractivity contribution in [1.29, 1.82) is 0 Å². The van der Waals surface area contributed by atoms with Crippen molar-refractivity contribution in [2.24, 2.45) is 0 Å². The first-order valence-electron chi connectivity index (χ1n) is 8.79. The molecular formula is C20H24N2O3S. The number of anilines is 2. The molecule has 6 heteroatoms. The number of carbonyl (C=O) groups excluding carboxylic acids is 1. The number of hydrogen-bond acceptors (Lipinski definition) is 3. The molecular weight excluding hydrogens is 348 g/mol. The van der Waals surface area contributed by atoms with Crippen LogP contribution in [0.1, 0.15) is 29.5 Å². The molecule has 0 bridgehead atoms. The highest BCUT2D eigenvalue weighted by atomic mass is 32.2. The van der Waals surface area contributed by atoms with Crippen LogP contribution in [0.3, 0.4) is 0 Å². The summed E-state index contributed by atoms with van der Waals surface area (Å²) in [5.41, 5.74) is 4.73. The number of nitrogens with one attached hydrogen (secondary N) is 1. The monoisotopic (exact) mass is 372 g/mol. The number of sulfonamides is 1. The van der Waals surface area contributed by atoms with Crippen LogP contribution in [-0.2, 0) is 27.7 Å². The van der Waals surface area contributed by atoms with Crippen molar-refractivity contribution in [3.05, 3.63) is 59.2 Å². The van der Waals surface area contributed by atoms with Gasteiger partial charge in [0.1, 0.15) is 0 Å². The zero-order valence-corrected chi connectivity index (χ0v) is 16.0. The van der Waals surface area contributed by atoms with E-state index in [2.05, 4.69) is 5.32 Å². The van der Waals surface area contributed by atoms with Gasteiger partial charge in [-0.1, -0.05) is 29.8 Å². The van der Waals surface area contributed by atoms with Crippen LogP contribution in [0.4, 0.5) is 11.4 Å². The van der Waals surface area contributed by atoms with E-state index in [0.717, 1.165) is 29.7 Å². The smallest absolute Gasteiger partial charge is 0.232 e. The lowest BCUT2D eigenvalue weighted by molar-refractivity contribution is -0.116. The Morgan fingerprint density at radius 3 is 2.58 bits per heavy atom. The van der Waals surface area contributed by atoms with Crippen LogP contribution < -0.4 is 9.62 Å². The quantitative estimate of drug-likeness (QED) is 0.876. The standard InChI is InChI=1S/C20H24N2O3S/c1-15-5-7-16(8-6-15)9-12-20(23)21-18-10-11-19-17(14-18)4-3-13-22(19)26(2,24)25/h5-8,10-11,14H,3-4,9,12-13H2,1-2H3,(H,21,23). The average molecular weight is 372 g/mol.